The van der Waals surface area contributed by atoms with Crippen LogP contribution in [0, 0.1) is 0 Å². The maximum atomic E-state index is 8.93. The van der Waals surface area contributed by atoms with Crippen molar-refractivity contribution >= 4 is 21.5 Å². The zero-order chi connectivity index (χ0) is 35.4. The van der Waals surface area contributed by atoms with Crippen molar-refractivity contribution in [1.82, 2.24) is 9.97 Å². The number of hydrogen-bond donors (Lipinski definition) is 0. The highest BCUT2D eigenvalue weighted by Crippen LogP contribution is 2.34. The highest BCUT2D eigenvalue weighted by Gasteiger charge is 2.13. The van der Waals surface area contributed by atoms with Crippen LogP contribution in [-0.4, -0.2) is 9.97 Å². The first-order valence-electron chi connectivity index (χ1n) is 17.8. The molecule has 0 fully saturated rings. The summed E-state index contributed by atoms with van der Waals surface area (Å²) in [5, 5.41) is 2.19. The van der Waals surface area contributed by atoms with E-state index in [9.17, 15) is 0 Å². The Hall–Kier alpha value is -5.86. The van der Waals surface area contributed by atoms with Gasteiger partial charge in [-0.1, -0.05) is 158 Å². The van der Waals surface area contributed by atoms with Gasteiger partial charge >= 0.3 is 0 Å². The molecule has 2 nitrogen and oxygen atoms in total. The number of hydrogen-bond acceptors (Lipinski definition) is 2. The monoisotopic (exact) mass is 567 g/mol. The molecule has 44 heavy (non-hydrogen) atoms. The van der Waals surface area contributed by atoms with Crippen molar-refractivity contribution in [2.45, 2.75) is 0 Å². The van der Waals surface area contributed by atoms with Crippen LogP contribution < -0.4 is 0 Å². The number of fused-ring (bicyclic) bond motifs is 2. The lowest BCUT2D eigenvalue weighted by atomic mass is 9.95. The smallest absolute Gasteiger partial charge is 0.161 e. The Morgan fingerprint density at radius 3 is 1.93 bits per heavy atom. The van der Waals surface area contributed by atoms with Crippen LogP contribution in [0.1, 0.15) is 9.60 Å². The Labute approximate surface area is 266 Å². The third-order valence-electron chi connectivity index (χ3n) is 7.81. The molecule has 1 aromatic heterocycles. The minimum Gasteiger partial charge on any atom is -0.228 e. The average molecular weight is 568 g/mol. The fourth-order valence-electron chi connectivity index (χ4n) is 5.62. The highest BCUT2D eigenvalue weighted by atomic mass is 14.9. The van der Waals surface area contributed by atoms with Crippen molar-refractivity contribution in [2.24, 2.45) is 0 Å². The van der Waals surface area contributed by atoms with Crippen LogP contribution in [0.4, 0.5) is 0 Å². The van der Waals surface area contributed by atoms with Gasteiger partial charge in [-0.25, -0.2) is 9.97 Å². The molecule has 206 valence electrons. The first-order valence-corrected chi connectivity index (χ1v) is 14.3. The molecule has 0 bridgehead atoms. The summed E-state index contributed by atoms with van der Waals surface area (Å²) in [7, 11) is 0. The molecule has 8 rings (SSSR count). The van der Waals surface area contributed by atoms with Gasteiger partial charge in [-0.2, -0.15) is 0 Å². The van der Waals surface area contributed by atoms with Crippen LogP contribution in [0.25, 0.3) is 77.7 Å². The molecule has 0 amide bonds. The van der Waals surface area contributed by atoms with Gasteiger partial charge in [0.05, 0.1) is 21.0 Å². The minimum absolute atomic E-state index is 0.0165. The van der Waals surface area contributed by atoms with E-state index in [1.54, 1.807) is 0 Å². The summed E-state index contributed by atoms with van der Waals surface area (Å²) in [5.74, 6) is 0.0322. The predicted octanol–water partition coefficient (Wildman–Crippen LogP) is 11.1. The van der Waals surface area contributed by atoms with E-state index >= 15 is 0 Å². The second-order valence-electron chi connectivity index (χ2n) is 10.5. The predicted molar refractivity (Wildman–Crippen MR) is 184 cm³/mol. The second kappa shape index (κ2) is 11.1. The van der Waals surface area contributed by atoms with Gasteiger partial charge in [0.15, 0.2) is 5.82 Å². The molecule has 8 aromatic rings. The maximum absolute atomic E-state index is 8.93. The lowest BCUT2D eigenvalue weighted by Gasteiger charge is -2.12. The molecule has 2 heteroatoms. The number of rotatable bonds is 5. The van der Waals surface area contributed by atoms with E-state index in [4.69, 9.17) is 19.6 Å². The van der Waals surface area contributed by atoms with Crippen LogP contribution >= 0.6 is 0 Å². The van der Waals surface area contributed by atoms with Gasteiger partial charge in [-0.15, -0.1) is 0 Å². The summed E-state index contributed by atoms with van der Waals surface area (Å²) in [5.41, 5.74) is 6.86. The van der Waals surface area contributed by atoms with E-state index in [0.717, 1.165) is 33.4 Å². The van der Waals surface area contributed by atoms with Crippen LogP contribution in [-0.2, 0) is 0 Å². The molecule has 0 aliphatic carbocycles. The normalized spacial score (nSPS) is 13.4. The molecule has 0 aliphatic heterocycles. The van der Waals surface area contributed by atoms with Crippen molar-refractivity contribution in [3.8, 4) is 56.2 Å². The van der Waals surface area contributed by atoms with E-state index in [0.29, 0.717) is 11.4 Å². The van der Waals surface area contributed by atoms with Gasteiger partial charge in [-0.05, 0) is 55.9 Å². The topological polar surface area (TPSA) is 25.8 Å². The molecular formula is C42H28N2. The van der Waals surface area contributed by atoms with Crippen LogP contribution in [0.15, 0.2) is 170 Å². The first-order chi connectivity index (χ1) is 24.7. The molecule has 0 N–H and O–H groups in total. The van der Waals surface area contributed by atoms with E-state index < -0.39 is 36.3 Å². The zero-order valence-corrected chi connectivity index (χ0v) is 23.5. The standard InChI is InChI=1S/C42H28N2/c1-2-13-33(14-3-1)40-28-41(44-42(43-40)39-22-10-16-31-12-5-7-20-38(31)39)35-18-8-17-34(27-35)29-23-25-32(26-24-29)37-21-9-15-30-11-4-6-19-36(30)37/h1-28H/i5D,7D,10D,12D,16D,20D,22D. The average Bonchev–Trinajstić information content (AvgIpc) is 3.18. The Kier molecular flexibility index (Phi) is 4.88. The van der Waals surface area contributed by atoms with Gasteiger partial charge in [0.1, 0.15) is 0 Å². The zero-order valence-electron chi connectivity index (χ0n) is 30.5. The summed E-state index contributed by atoms with van der Waals surface area (Å²) in [4.78, 5) is 9.71. The second-order valence-corrected chi connectivity index (χ2v) is 10.5. The van der Waals surface area contributed by atoms with Gasteiger partial charge in [0, 0.05) is 16.7 Å². The van der Waals surface area contributed by atoms with Gasteiger partial charge in [0.25, 0.3) is 0 Å². The number of benzene rings is 7. The third kappa shape index (κ3) is 4.83. The summed E-state index contributed by atoms with van der Waals surface area (Å²) in [6, 6.07) is 39.2. The fraction of sp³-hybridized carbons (Fsp3) is 0. The van der Waals surface area contributed by atoms with Gasteiger partial charge in [0.2, 0.25) is 0 Å². The maximum Gasteiger partial charge on any atom is 0.161 e. The molecule has 0 saturated carbocycles. The Morgan fingerprint density at radius 1 is 0.386 bits per heavy atom. The van der Waals surface area contributed by atoms with Crippen molar-refractivity contribution in [3.05, 3.63) is 170 Å². The molecule has 1 heterocycles. The van der Waals surface area contributed by atoms with Crippen LogP contribution in [0.2, 0.25) is 0 Å². The van der Waals surface area contributed by atoms with Gasteiger partial charge in [-0.3, -0.25) is 0 Å². The van der Waals surface area contributed by atoms with E-state index in [2.05, 4.69) is 60.7 Å². The minimum atomic E-state index is -0.509. The van der Waals surface area contributed by atoms with E-state index in [1.165, 1.54) is 10.8 Å². The largest absolute Gasteiger partial charge is 0.228 e. The van der Waals surface area contributed by atoms with Crippen molar-refractivity contribution < 1.29 is 9.60 Å². The summed E-state index contributed by atoms with van der Waals surface area (Å²) in [6.07, 6.45) is 0. The molecule has 0 saturated heterocycles. The summed E-state index contributed by atoms with van der Waals surface area (Å²) < 4.78 is 60.0. The Bertz CT molecular complexity index is 2640. The number of nitrogens with zero attached hydrogens (tertiary/aromatic N) is 2. The Balaban J connectivity index is 1.29. The van der Waals surface area contributed by atoms with E-state index in [-0.39, 0.29) is 28.2 Å². The molecular weight excluding hydrogens is 532 g/mol. The van der Waals surface area contributed by atoms with Gasteiger partial charge < -0.3 is 0 Å². The van der Waals surface area contributed by atoms with Crippen molar-refractivity contribution in [3.63, 3.8) is 0 Å². The number of aromatic nitrogens is 2. The lowest BCUT2D eigenvalue weighted by Crippen LogP contribution is -1.96. The highest BCUT2D eigenvalue weighted by molar-refractivity contribution is 5.97. The molecule has 7 aromatic carbocycles. The first kappa shape index (κ1) is 19.4. The summed E-state index contributed by atoms with van der Waals surface area (Å²) in [6.45, 7) is 0. The SMILES string of the molecule is [2H]c1c([2H])c([2H])c2c(-c3nc(-c4ccccc4)cc(-c4cccc(-c5ccc(-c6cccc7ccccc67)cc5)c4)n3)c([2H])c([2H])c([2H])c2c1[2H]. The van der Waals surface area contributed by atoms with Crippen molar-refractivity contribution in [2.75, 3.05) is 0 Å². The fourth-order valence-corrected chi connectivity index (χ4v) is 5.62. The van der Waals surface area contributed by atoms with Crippen molar-refractivity contribution in [1.29, 1.82) is 0 Å². The van der Waals surface area contributed by atoms with Crippen LogP contribution in [0.3, 0.4) is 0 Å². The molecule has 0 radical (unpaired) electrons. The Morgan fingerprint density at radius 2 is 1.05 bits per heavy atom. The quantitative estimate of drug-likeness (QED) is 0.207. The molecule has 0 spiro atoms. The molecule has 0 unspecified atom stereocenters. The molecule has 0 aliphatic rings. The van der Waals surface area contributed by atoms with Crippen LogP contribution in [0.5, 0.6) is 0 Å². The summed E-state index contributed by atoms with van der Waals surface area (Å²) >= 11 is 0. The third-order valence-corrected chi connectivity index (χ3v) is 7.81. The van der Waals surface area contributed by atoms with E-state index in [1.807, 2.05) is 66.7 Å². The molecule has 0 atom stereocenters. The lowest BCUT2D eigenvalue weighted by molar-refractivity contribution is 1.19.